The largest absolute Gasteiger partial charge is 0.497 e. The van der Waals surface area contributed by atoms with Gasteiger partial charge < -0.3 is 28.9 Å². The Hall–Kier alpha value is -3.92. The van der Waals surface area contributed by atoms with Crippen molar-refractivity contribution in [1.82, 2.24) is 0 Å². The van der Waals surface area contributed by atoms with E-state index < -0.39 is 16.1 Å². The van der Waals surface area contributed by atoms with Crippen LogP contribution in [0.25, 0.3) is 0 Å². The van der Waals surface area contributed by atoms with Crippen molar-refractivity contribution in [3.8, 4) is 23.0 Å². The van der Waals surface area contributed by atoms with Crippen molar-refractivity contribution in [3.05, 3.63) is 71.3 Å². The molecular weight excluding hydrogens is 462 g/mol. The molecule has 0 saturated heterocycles. The number of hydrogen-bond acceptors (Lipinski definition) is 9. The molecule has 2 N–H and O–H groups in total. The molecule has 0 aliphatic carbocycles. The van der Waals surface area contributed by atoms with Crippen LogP contribution >= 0.6 is 0 Å². The standard InChI is InChI=1S/C24H25NO8S/c1-29-16-10-12-17(13-11-16)34(27,28)33-24(26)19-18(14-15-8-6-5-7-9-15)21(30-2)23(32-4)22(31-3)20(19)25/h5-13H,14,25H2,1-4H3. The topological polar surface area (TPSA) is 123 Å². The molecule has 0 aliphatic rings. The summed E-state index contributed by atoms with van der Waals surface area (Å²) in [6.07, 6.45) is 0.182. The first-order valence-corrected chi connectivity index (χ1v) is 11.4. The predicted octanol–water partition coefficient (Wildman–Crippen LogP) is 3.44. The summed E-state index contributed by atoms with van der Waals surface area (Å²) in [5, 5.41) is 0. The van der Waals surface area contributed by atoms with Crippen molar-refractivity contribution < 1.29 is 36.3 Å². The number of nitrogen functional groups attached to an aromatic ring is 1. The molecular formula is C24H25NO8S. The first-order chi connectivity index (χ1) is 16.3. The van der Waals surface area contributed by atoms with Crippen molar-refractivity contribution in [2.75, 3.05) is 34.2 Å². The van der Waals surface area contributed by atoms with E-state index in [0.29, 0.717) is 11.3 Å². The predicted molar refractivity (Wildman–Crippen MR) is 125 cm³/mol. The number of nitrogens with two attached hydrogens (primary N) is 1. The average Bonchev–Trinajstić information content (AvgIpc) is 2.84. The molecule has 0 atom stereocenters. The van der Waals surface area contributed by atoms with Crippen molar-refractivity contribution in [2.24, 2.45) is 0 Å². The highest BCUT2D eigenvalue weighted by Gasteiger charge is 2.32. The lowest BCUT2D eigenvalue weighted by Gasteiger charge is -2.21. The molecule has 9 nitrogen and oxygen atoms in total. The number of benzene rings is 3. The zero-order valence-electron chi connectivity index (χ0n) is 19.2. The molecule has 3 aromatic carbocycles. The van der Waals surface area contributed by atoms with Gasteiger partial charge in [0.25, 0.3) is 0 Å². The zero-order valence-corrected chi connectivity index (χ0v) is 20.0. The van der Waals surface area contributed by atoms with E-state index in [1.165, 1.54) is 52.7 Å². The molecule has 0 aromatic heterocycles. The summed E-state index contributed by atoms with van der Waals surface area (Å²) in [6.45, 7) is 0. The Bertz CT molecular complexity index is 1270. The van der Waals surface area contributed by atoms with Crippen molar-refractivity contribution in [1.29, 1.82) is 0 Å². The SMILES string of the molecule is COc1ccc(S(=O)(=O)OC(=O)c2c(N)c(OC)c(OC)c(OC)c2Cc2ccccc2)cc1. The summed E-state index contributed by atoms with van der Waals surface area (Å²) in [6, 6.07) is 14.6. The summed E-state index contributed by atoms with van der Waals surface area (Å²) < 4.78 is 52.0. The monoisotopic (exact) mass is 487 g/mol. The molecule has 0 spiro atoms. The molecule has 0 radical (unpaired) electrons. The van der Waals surface area contributed by atoms with Gasteiger partial charge in [-0.05, 0) is 29.8 Å². The number of rotatable bonds is 9. The number of carbonyl (C=O) groups is 1. The number of carbonyl (C=O) groups excluding carboxylic acids is 1. The lowest BCUT2D eigenvalue weighted by molar-refractivity contribution is 0.0746. The molecule has 10 heteroatoms. The van der Waals surface area contributed by atoms with E-state index in [1.54, 1.807) is 0 Å². The smallest absolute Gasteiger partial charge is 0.356 e. The molecule has 0 aliphatic heterocycles. The van der Waals surface area contributed by atoms with Gasteiger partial charge in [0.15, 0.2) is 11.5 Å². The van der Waals surface area contributed by atoms with Crippen molar-refractivity contribution >= 4 is 21.8 Å². The molecule has 0 amide bonds. The van der Waals surface area contributed by atoms with E-state index >= 15 is 0 Å². The molecule has 0 bridgehead atoms. The number of ether oxygens (including phenoxy) is 4. The summed E-state index contributed by atoms with van der Waals surface area (Å²) in [4.78, 5) is 13.0. The second kappa shape index (κ2) is 10.3. The van der Waals surface area contributed by atoms with E-state index in [0.717, 1.165) is 5.56 Å². The Morgan fingerprint density at radius 1 is 0.794 bits per heavy atom. The minimum atomic E-state index is -4.47. The van der Waals surface area contributed by atoms with Crippen LogP contribution in [0.5, 0.6) is 23.0 Å². The van der Waals surface area contributed by atoms with Crippen LogP contribution in [0.2, 0.25) is 0 Å². The van der Waals surface area contributed by atoms with Gasteiger partial charge in [-0.2, -0.15) is 8.42 Å². The normalized spacial score (nSPS) is 10.9. The van der Waals surface area contributed by atoms with Crippen LogP contribution in [0.3, 0.4) is 0 Å². The molecule has 0 saturated carbocycles. The van der Waals surface area contributed by atoms with Crippen LogP contribution in [0.4, 0.5) is 5.69 Å². The third-order valence-corrected chi connectivity index (χ3v) is 6.30. The highest BCUT2D eigenvalue weighted by Crippen LogP contribution is 2.48. The lowest BCUT2D eigenvalue weighted by Crippen LogP contribution is -2.18. The Balaban J connectivity index is 2.15. The number of hydrogen-bond donors (Lipinski definition) is 1. The van der Waals surface area contributed by atoms with Gasteiger partial charge in [0.2, 0.25) is 5.75 Å². The molecule has 0 heterocycles. The van der Waals surface area contributed by atoms with Gasteiger partial charge in [-0.1, -0.05) is 30.3 Å². The third-order valence-electron chi connectivity index (χ3n) is 5.08. The van der Waals surface area contributed by atoms with E-state index in [4.69, 9.17) is 28.9 Å². The third kappa shape index (κ3) is 4.86. The van der Waals surface area contributed by atoms with E-state index in [9.17, 15) is 13.2 Å². The summed E-state index contributed by atoms with van der Waals surface area (Å²) in [7, 11) is 1.12. The van der Waals surface area contributed by atoms with Crippen LogP contribution in [0, 0.1) is 0 Å². The molecule has 3 aromatic rings. The van der Waals surface area contributed by atoms with Crippen LogP contribution in [-0.2, 0) is 20.7 Å². The Morgan fingerprint density at radius 3 is 1.91 bits per heavy atom. The summed E-state index contributed by atoms with van der Waals surface area (Å²) in [5.41, 5.74) is 7.04. The molecule has 0 fully saturated rings. The average molecular weight is 488 g/mol. The van der Waals surface area contributed by atoms with Crippen LogP contribution in [0.1, 0.15) is 21.5 Å². The van der Waals surface area contributed by atoms with Gasteiger partial charge in [0.1, 0.15) is 10.6 Å². The maximum absolute atomic E-state index is 13.3. The molecule has 180 valence electrons. The fraction of sp³-hybridized carbons (Fsp3) is 0.208. The highest BCUT2D eigenvalue weighted by atomic mass is 32.2. The maximum atomic E-state index is 13.3. The first-order valence-electron chi connectivity index (χ1n) is 10.0. The van der Waals surface area contributed by atoms with Crippen LogP contribution < -0.4 is 24.7 Å². The molecule has 3 rings (SSSR count). The van der Waals surface area contributed by atoms with Gasteiger partial charge in [0.05, 0.1) is 39.7 Å². The second-order valence-corrected chi connectivity index (χ2v) is 8.58. The maximum Gasteiger partial charge on any atom is 0.356 e. The molecule has 34 heavy (non-hydrogen) atoms. The minimum absolute atomic E-state index is 0.0185. The quantitative estimate of drug-likeness (QED) is 0.357. The van der Waals surface area contributed by atoms with Gasteiger partial charge in [0, 0.05) is 12.0 Å². The number of methoxy groups -OCH3 is 4. The first kappa shape index (κ1) is 24.7. The van der Waals surface area contributed by atoms with Crippen LogP contribution in [0.15, 0.2) is 59.5 Å². The fourth-order valence-corrected chi connectivity index (χ4v) is 4.34. The fourth-order valence-electron chi connectivity index (χ4n) is 3.49. The highest BCUT2D eigenvalue weighted by molar-refractivity contribution is 7.87. The number of anilines is 1. The summed E-state index contributed by atoms with van der Waals surface area (Å²) >= 11 is 0. The van der Waals surface area contributed by atoms with Gasteiger partial charge in [-0.25, -0.2) is 4.79 Å². The van der Waals surface area contributed by atoms with Gasteiger partial charge >= 0.3 is 16.1 Å². The summed E-state index contributed by atoms with van der Waals surface area (Å²) in [5.74, 6) is -0.373. The Labute approximate surface area is 198 Å². The second-order valence-electron chi connectivity index (χ2n) is 7.03. The Kier molecular flexibility index (Phi) is 7.52. The zero-order chi connectivity index (χ0) is 24.9. The van der Waals surface area contributed by atoms with E-state index in [1.807, 2.05) is 30.3 Å². The lowest BCUT2D eigenvalue weighted by atomic mass is 9.96. The Morgan fingerprint density at radius 2 is 1.38 bits per heavy atom. The van der Waals surface area contributed by atoms with Gasteiger partial charge in [-0.3, -0.25) is 0 Å². The van der Waals surface area contributed by atoms with Gasteiger partial charge in [-0.15, -0.1) is 0 Å². The van der Waals surface area contributed by atoms with Crippen molar-refractivity contribution in [2.45, 2.75) is 11.3 Å². The van der Waals surface area contributed by atoms with E-state index in [2.05, 4.69) is 0 Å². The van der Waals surface area contributed by atoms with E-state index in [-0.39, 0.29) is 39.8 Å². The molecule has 0 unspecified atom stereocenters. The van der Waals surface area contributed by atoms with Crippen LogP contribution in [-0.4, -0.2) is 42.8 Å². The van der Waals surface area contributed by atoms with Crippen molar-refractivity contribution in [3.63, 3.8) is 0 Å². The minimum Gasteiger partial charge on any atom is -0.497 e.